The lowest BCUT2D eigenvalue weighted by Crippen LogP contribution is -2.47. The molecule has 1 heterocycles. The molecule has 1 aliphatic carbocycles. The highest BCUT2D eigenvalue weighted by atomic mass is 32.2. The quantitative estimate of drug-likeness (QED) is 0.903. The maximum Gasteiger partial charge on any atom is 0.243 e. The van der Waals surface area contributed by atoms with Crippen LogP contribution in [0.25, 0.3) is 0 Å². The number of sulfonamides is 1. The van der Waals surface area contributed by atoms with Crippen molar-refractivity contribution in [1.82, 2.24) is 9.62 Å². The molecule has 0 spiro atoms. The molecule has 2 aliphatic rings. The lowest BCUT2D eigenvalue weighted by Gasteiger charge is -2.32. The number of nitrogens with zero attached hydrogens (tertiary/aromatic N) is 1. The summed E-state index contributed by atoms with van der Waals surface area (Å²) >= 11 is 0. The molecule has 8 heteroatoms. The summed E-state index contributed by atoms with van der Waals surface area (Å²) in [5.41, 5.74) is 0. The van der Waals surface area contributed by atoms with Crippen molar-refractivity contribution in [3.63, 3.8) is 0 Å². The van der Waals surface area contributed by atoms with Crippen LogP contribution in [0.1, 0.15) is 25.7 Å². The average molecular weight is 344 g/mol. The van der Waals surface area contributed by atoms with Crippen molar-refractivity contribution < 1.29 is 22.0 Å². The summed E-state index contributed by atoms with van der Waals surface area (Å²) in [5, 5.41) is 0. The summed E-state index contributed by atoms with van der Waals surface area (Å²) in [6, 6.07) is 2.68. The minimum absolute atomic E-state index is 0.141. The fourth-order valence-electron chi connectivity index (χ4n) is 2.78. The van der Waals surface area contributed by atoms with E-state index in [0.717, 1.165) is 31.0 Å². The molecule has 126 valence electrons. The first-order valence-electron chi connectivity index (χ1n) is 7.63. The molecule has 5 nitrogen and oxygen atoms in total. The maximum atomic E-state index is 13.7. The predicted molar refractivity (Wildman–Crippen MR) is 79.0 cm³/mol. The third-order valence-electron chi connectivity index (χ3n) is 4.26. The fraction of sp³-hybridized carbons (Fsp3) is 0.533. The molecule has 1 aromatic carbocycles. The number of nitrogens with one attached hydrogen (secondary N) is 1. The molecule has 0 bridgehead atoms. The molecule has 23 heavy (non-hydrogen) atoms. The summed E-state index contributed by atoms with van der Waals surface area (Å²) < 4.78 is 53.7. The van der Waals surface area contributed by atoms with E-state index in [2.05, 4.69) is 4.72 Å². The number of likely N-dealkylation sites (tertiary alicyclic amines) is 1. The number of halogens is 2. The van der Waals surface area contributed by atoms with Gasteiger partial charge in [0.1, 0.15) is 4.90 Å². The van der Waals surface area contributed by atoms with Crippen molar-refractivity contribution in [3.8, 4) is 0 Å². The second-order valence-electron chi connectivity index (χ2n) is 6.05. The van der Waals surface area contributed by atoms with Gasteiger partial charge in [0, 0.05) is 25.0 Å². The van der Waals surface area contributed by atoms with E-state index in [1.54, 1.807) is 4.90 Å². The monoisotopic (exact) mass is 344 g/mol. The van der Waals surface area contributed by atoms with E-state index in [1.807, 2.05) is 0 Å². The van der Waals surface area contributed by atoms with Crippen LogP contribution in [0.4, 0.5) is 8.78 Å². The second kappa shape index (κ2) is 6.16. The molecule has 2 fully saturated rings. The number of piperidine rings is 1. The van der Waals surface area contributed by atoms with Crippen LogP contribution in [0.2, 0.25) is 0 Å². The third-order valence-corrected chi connectivity index (χ3v) is 5.80. The number of carbonyl (C=O) groups excluding carboxylic acids is 1. The van der Waals surface area contributed by atoms with Crippen LogP contribution in [-0.4, -0.2) is 38.4 Å². The zero-order chi connectivity index (χ0) is 16.6. The molecular weight excluding hydrogens is 326 g/mol. The Morgan fingerprint density at radius 1 is 1.13 bits per heavy atom. The fourth-order valence-corrected chi connectivity index (χ4v) is 4.17. The zero-order valence-corrected chi connectivity index (χ0v) is 13.3. The number of benzene rings is 1. The highest BCUT2D eigenvalue weighted by Crippen LogP contribution is 2.32. The lowest BCUT2D eigenvalue weighted by atomic mass is 10.1. The molecule has 0 unspecified atom stereocenters. The molecule has 1 aromatic rings. The van der Waals surface area contributed by atoms with Crippen molar-refractivity contribution in [1.29, 1.82) is 0 Å². The molecule has 0 radical (unpaired) electrons. The van der Waals surface area contributed by atoms with Gasteiger partial charge in [-0.2, -0.15) is 0 Å². The van der Waals surface area contributed by atoms with Gasteiger partial charge in [-0.25, -0.2) is 21.9 Å². The summed E-state index contributed by atoms with van der Waals surface area (Å²) in [6.45, 7) is 0.961. The van der Waals surface area contributed by atoms with Gasteiger partial charge >= 0.3 is 0 Å². The van der Waals surface area contributed by atoms with Gasteiger partial charge in [-0.1, -0.05) is 6.07 Å². The molecule has 1 saturated heterocycles. The molecule has 1 aliphatic heterocycles. The van der Waals surface area contributed by atoms with E-state index >= 15 is 0 Å². The van der Waals surface area contributed by atoms with Gasteiger partial charge in [-0.15, -0.1) is 0 Å². The highest BCUT2D eigenvalue weighted by molar-refractivity contribution is 7.89. The van der Waals surface area contributed by atoms with E-state index in [9.17, 15) is 22.0 Å². The van der Waals surface area contributed by atoms with Crippen LogP contribution in [-0.2, 0) is 14.8 Å². The number of carbonyl (C=O) groups is 1. The van der Waals surface area contributed by atoms with E-state index in [4.69, 9.17) is 0 Å². The number of hydrogen-bond acceptors (Lipinski definition) is 3. The van der Waals surface area contributed by atoms with Crippen LogP contribution < -0.4 is 4.72 Å². The van der Waals surface area contributed by atoms with Gasteiger partial charge in [0.25, 0.3) is 0 Å². The van der Waals surface area contributed by atoms with Gasteiger partial charge in [0.05, 0.1) is 0 Å². The molecule has 1 saturated carbocycles. The second-order valence-corrected chi connectivity index (χ2v) is 7.73. The molecule has 1 N–H and O–H groups in total. The first-order chi connectivity index (χ1) is 10.9. The Labute approximate surface area is 133 Å². The summed E-state index contributed by atoms with van der Waals surface area (Å²) in [6.07, 6.45) is 2.80. The Hall–Kier alpha value is -1.54. The minimum Gasteiger partial charge on any atom is -0.342 e. The van der Waals surface area contributed by atoms with Gasteiger partial charge < -0.3 is 4.90 Å². The SMILES string of the molecule is O=C(C1CC1)N1CCC(NS(=O)(=O)c2cccc(F)c2F)CC1. The normalized spacial score (nSPS) is 19.8. The number of amides is 1. The topological polar surface area (TPSA) is 66.5 Å². The largest absolute Gasteiger partial charge is 0.342 e. The van der Waals surface area contributed by atoms with Crippen molar-refractivity contribution >= 4 is 15.9 Å². The standard InChI is InChI=1S/C15H18F2N2O3S/c16-12-2-1-3-13(14(12)17)23(21,22)18-11-6-8-19(9-7-11)15(20)10-4-5-10/h1-3,10-11,18H,4-9H2. The van der Waals surface area contributed by atoms with Crippen molar-refractivity contribution in [2.75, 3.05) is 13.1 Å². The summed E-state index contributed by atoms with van der Waals surface area (Å²) in [5.74, 6) is -2.29. The first kappa shape index (κ1) is 16.3. The van der Waals surface area contributed by atoms with E-state index < -0.39 is 26.6 Å². The van der Waals surface area contributed by atoms with Gasteiger partial charge in [-0.05, 0) is 37.8 Å². The molecular formula is C15H18F2N2O3S. The van der Waals surface area contributed by atoms with Crippen LogP contribution in [0.5, 0.6) is 0 Å². The third kappa shape index (κ3) is 3.53. The number of rotatable bonds is 4. The highest BCUT2D eigenvalue weighted by Gasteiger charge is 2.35. The van der Waals surface area contributed by atoms with Crippen LogP contribution in [0.3, 0.4) is 0 Å². The maximum absolute atomic E-state index is 13.7. The predicted octanol–water partition coefficient (Wildman–Crippen LogP) is 1.64. The Kier molecular flexibility index (Phi) is 4.37. The smallest absolute Gasteiger partial charge is 0.243 e. The van der Waals surface area contributed by atoms with Crippen molar-refractivity contribution in [2.45, 2.75) is 36.6 Å². The Morgan fingerprint density at radius 2 is 1.78 bits per heavy atom. The molecule has 0 aromatic heterocycles. The Morgan fingerprint density at radius 3 is 2.39 bits per heavy atom. The van der Waals surface area contributed by atoms with E-state index in [-0.39, 0.29) is 17.9 Å². The van der Waals surface area contributed by atoms with Crippen LogP contribution in [0.15, 0.2) is 23.1 Å². The molecule has 1 amide bonds. The van der Waals surface area contributed by atoms with Gasteiger partial charge in [0.2, 0.25) is 15.9 Å². The van der Waals surface area contributed by atoms with Gasteiger partial charge in [-0.3, -0.25) is 4.79 Å². The van der Waals surface area contributed by atoms with Crippen LogP contribution >= 0.6 is 0 Å². The van der Waals surface area contributed by atoms with Crippen molar-refractivity contribution in [3.05, 3.63) is 29.8 Å². The average Bonchev–Trinajstić information content (AvgIpc) is 3.34. The summed E-state index contributed by atoms with van der Waals surface area (Å²) in [7, 11) is -4.12. The van der Waals surface area contributed by atoms with E-state index in [1.165, 1.54) is 0 Å². The first-order valence-corrected chi connectivity index (χ1v) is 9.12. The van der Waals surface area contributed by atoms with Gasteiger partial charge in [0.15, 0.2) is 11.6 Å². The lowest BCUT2D eigenvalue weighted by molar-refractivity contribution is -0.133. The number of hydrogen-bond donors (Lipinski definition) is 1. The van der Waals surface area contributed by atoms with Crippen LogP contribution in [0, 0.1) is 17.6 Å². The molecule has 3 rings (SSSR count). The summed E-state index contributed by atoms with van der Waals surface area (Å²) in [4.78, 5) is 13.0. The zero-order valence-electron chi connectivity index (χ0n) is 12.5. The minimum atomic E-state index is -4.12. The Bertz CT molecular complexity index is 711. The Balaban J connectivity index is 1.63. The van der Waals surface area contributed by atoms with Crippen molar-refractivity contribution in [2.24, 2.45) is 5.92 Å². The molecule has 0 atom stereocenters. The van der Waals surface area contributed by atoms with E-state index in [0.29, 0.717) is 25.9 Å².